The van der Waals surface area contributed by atoms with Gasteiger partial charge in [0.1, 0.15) is 0 Å². The molecule has 1 aromatic heterocycles. The third-order valence-corrected chi connectivity index (χ3v) is 4.00. The van der Waals surface area contributed by atoms with E-state index in [0.717, 1.165) is 0 Å². The zero-order valence-corrected chi connectivity index (χ0v) is 13.6. The van der Waals surface area contributed by atoms with Gasteiger partial charge in [0.15, 0.2) is 0 Å². The van der Waals surface area contributed by atoms with Gasteiger partial charge in [0.05, 0.1) is 15.7 Å². The van der Waals surface area contributed by atoms with E-state index in [-0.39, 0.29) is 17.7 Å². The van der Waals surface area contributed by atoms with Gasteiger partial charge in [-0.05, 0) is 46.4 Å². The summed E-state index contributed by atoms with van der Waals surface area (Å²) < 4.78 is 1.66. The molecule has 0 fully saturated rings. The van der Waals surface area contributed by atoms with Crippen LogP contribution < -0.4 is 5.56 Å². The van der Waals surface area contributed by atoms with Gasteiger partial charge in [-0.25, -0.2) is 4.79 Å². The molecule has 4 nitrogen and oxygen atoms in total. The average Bonchev–Trinajstić information content (AvgIpc) is 2.37. The molecule has 0 spiro atoms. The normalized spacial score (nSPS) is 10.6. The molecule has 0 saturated heterocycles. The Kier molecular flexibility index (Phi) is 4.72. The van der Waals surface area contributed by atoms with Crippen molar-refractivity contribution in [1.29, 1.82) is 0 Å². The van der Waals surface area contributed by atoms with E-state index in [2.05, 4.69) is 0 Å². The predicted octanol–water partition coefficient (Wildman–Crippen LogP) is 3.51. The van der Waals surface area contributed by atoms with Gasteiger partial charge in [-0.3, -0.25) is 4.79 Å². The number of nitrogens with zero attached hydrogens (tertiary/aromatic N) is 1. The van der Waals surface area contributed by atoms with Crippen LogP contribution in [0.3, 0.4) is 0 Å². The third-order valence-electron chi connectivity index (χ3n) is 2.65. The maximum Gasteiger partial charge on any atom is 0.337 e. The third kappa shape index (κ3) is 3.34. The molecule has 0 saturated carbocycles. The summed E-state index contributed by atoms with van der Waals surface area (Å²) in [6.07, 6.45) is 1.30. The summed E-state index contributed by atoms with van der Waals surface area (Å²) in [5.74, 6) is -1.08. The van der Waals surface area contributed by atoms with Crippen LogP contribution in [0.15, 0.2) is 35.3 Å². The summed E-state index contributed by atoms with van der Waals surface area (Å²) >= 11 is 13.7. The molecule has 1 aromatic carbocycles. The minimum Gasteiger partial charge on any atom is -0.478 e. The van der Waals surface area contributed by atoms with Crippen LogP contribution in [0, 0.1) is 3.57 Å². The Bertz CT molecular complexity index is 743. The lowest BCUT2D eigenvalue weighted by molar-refractivity contribution is 0.0695. The molecule has 2 rings (SSSR count). The molecular weight excluding hydrogens is 416 g/mol. The first kappa shape index (κ1) is 15.3. The molecular formula is C13H8Cl2INO3. The van der Waals surface area contributed by atoms with Gasteiger partial charge in [0.2, 0.25) is 0 Å². The molecule has 0 radical (unpaired) electrons. The number of pyridine rings is 1. The van der Waals surface area contributed by atoms with Crippen LogP contribution in [0.4, 0.5) is 0 Å². The summed E-state index contributed by atoms with van der Waals surface area (Å²) in [6.45, 7) is 0.186. The van der Waals surface area contributed by atoms with E-state index in [1.807, 2.05) is 22.6 Å². The first-order valence-corrected chi connectivity index (χ1v) is 7.29. The number of aromatic nitrogens is 1. The van der Waals surface area contributed by atoms with Crippen molar-refractivity contribution in [3.05, 3.63) is 65.6 Å². The van der Waals surface area contributed by atoms with Gasteiger partial charge < -0.3 is 9.67 Å². The topological polar surface area (TPSA) is 59.3 Å². The number of benzene rings is 1. The zero-order valence-electron chi connectivity index (χ0n) is 9.94. The van der Waals surface area contributed by atoms with E-state index in [1.165, 1.54) is 16.8 Å². The number of carbonyl (C=O) groups is 1. The highest BCUT2D eigenvalue weighted by atomic mass is 127. The lowest BCUT2D eigenvalue weighted by Gasteiger charge is -2.09. The van der Waals surface area contributed by atoms with Gasteiger partial charge in [0, 0.05) is 16.2 Å². The smallest absolute Gasteiger partial charge is 0.337 e. The van der Waals surface area contributed by atoms with Crippen LogP contribution in [0.1, 0.15) is 15.9 Å². The minimum atomic E-state index is -1.08. The Morgan fingerprint density at radius 2 is 2.00 bits per heavy atom. The maximum absolute atomic E-state index is 12.0. The highest BCUT2D eigenvalue weighted by Crippen LogP contribution is 2.21. The van der Waals surface area contributed by atoms with Crippen LogP contribution in [-0.4, -0.2) is 15.6 Å². The van der Waals surface area contributed by atoms with E-state index in [4.69, 9.17) is 28.3 Å². The summed E-state index contributed by atoms with van der Waals surface area (Å²) in [6, 6.07) is 6.29. The number of rotatable bonds is 3. The fraction of sp³-hybridized carbons (Fsp3) is 0.0769. The van der Waals surface area contributed by atoms with Gasteiger partial charge in [-0.1, -0.05) is 29.3 Å². The minimum absolute atomic E-state index is 0.0547. The first-order valence-electron chi connectivity index (χ1n) is 5.45. The molecule has 1 N–H and O–H groups in total. The first-order chi connectivity index (χ1) is 9.38. The van der Waals surface area contributed by atoms with Crippen molar-refractivity contribution in [2.24, 2.45) is 0 Å². The molecule has 0 amide bonds. The molecule has 20 heavy (non-hydrogen) atoms. The second-order valence-corrected chi connectivity index (χ2v) is 6.06. The largest absolute Gasteiger partial charge is 0.478 e. The number of hydrogen-bond acceptors (Lipinski definition) is 2. The molecule has 7 heteroatoms. The van der Waals surface area contributed by atoms with Crippen LogP contribution in [0.2, 0.25) is 10.0 Å². The van der Waals surface area contributed by atoms with Crippen LogP contribution >= 0.6 is 45.8 Å². The highest BCUT2D eigenvalue weighted by molar-refractivity contribution is 14.1. The maximum atomic E-state index is 12.0. The van der Waals surface area contributed by atoms with Gasteiger partial charge in [-0.2, -0.15) is 0 Å². The Balaban J connectivity index is 2.47. The summed E-state index contributed by atoms with van der Waals surface area (Å²) in [5, 5.41) is 9.95. The number of aromatic carboxylic acids is 1. The lowest BCUT2D eigenvalue weighted by atomic mass is 10.2. The average molecular weight is 424 g/mol. The van der Waals surface area contributed by atoms with E-state index >= 15 is 0 Å². The standard InChI is InChI=1S/C13H8Cl2INO3/c14-9-2-1-7(10(15)4-9)5-17-6-8(13(19)20)3-11(16)12(17)18/h1-4,6H,5H2,(H,19,20). The molecule has 104 valence electrons. The van der Waals surface area contributed by atoms with Gasteiger partial charge >= 0.3 is 5.97 Å². The molecule has 0 aliphatic carbocycles. The van der Waals surface area contributed by atoms with Crippen molar-refractivity contribution >= 4 is 51.8 Å². The molecule has 1 heterocycles. The van der Waals surface area contributed by atoms with Gasteiger partial charge in [-0.15, -0.1) is 0 Å². The van der Waals surface area contributed by atoms with Crippen molar-refractivity contribution < 1.29 is 9.90 Å². The Morgan fingerprint density at radius 3 is 2.60 bits per heavy atom. The summed E-state index contributed by atoms with van der Waals surface area (Å²) in [4.78, 5) is 23.0. The van der Waals surface area contributed by atoms with Crippen molar-refractivity contribution in [2.45, 2.75) is 6.54 Å². The lowest BCUT2D eigenvalue weighted by Crippen LogP contribution is -2.24. The summed E-state index contributed by atoms with van der Waals surface area (Å²) in [7, 11) is 0. The molecule has 0 unspecified atom stereocenters. The van der Waals surface area contributed by atoms with E-state index in [1.54, 1.807) is 18.2 Å². The van der Waals surface area contributed by atoms with Crippen molar-refractivity contribution in [2.75, 3.05) is 0 Å². The monoisotopic (exact) mass is 423 g/mol. The molecule has 0 aliphatic heterocycles. The van der Waals surface area contributed by atoms with Crippen LogP contribution in [0.5, 0.6) is 0 Å². The zero-order chi connectivity index (χ0) is 14.9. The number of carboxylic acids is 1. The second-order valence-electron chi connectivity index (χ2n) is 4.05. The summed E-state index contributed by atoms with van der Waals surface area (Å²) in [5.41, 5.74) is 0.484. The van der Waals surface area contributed by atoms with Crippen molar-refractivity contribution in [3.63, 3.8) is 0 Å². The fourth-order valence-electron chi connectivity index (χ4n) is 1.67. The molecule has 0 atom stereocenters. The van der Waals surface area contributed by atoms with Crippen molar-refractivity contribution in [3.8, 4) is 0 Å². The number of halogens is 3. The number of hydrogen-bond donors (Lipinski definition) is 1. The molecule has 0 aliphatic rings. The molecule has 0 bridgehead atoms. The van der Waals surface area contributed by atoms with E-state index in [0.29, 0.717) is 19.2 Å². The van der Waals surface area contributed by atoms with E-state index in [9.17, 15) is 9.59 Å². The number of carboxylic acid groups (broad SMARTS) is 1. The Morgan fingerprint density at radius 1 is 1.30 bits per heavy atom. The highest BCUT2D eigenvalue weighted by Gasteiger charge is 2.11. The van der Waals surface area contributed by atoms with E-state index < -0.39 is 5.97 Å². The Labute approximate surface area is 138 Å². The quantitative estimate of drug-likeness (QED) is 0.768. The fourth-order valence-corrected chi connectivity index (χ4v) is 2.78. The molecule has 2 aromatic rings. The predicted molar refractivity (Wildman–Crippen MR) is 85.9 cm³/mol. The SMILES string of the molecule is O=C(O)c1cc(I)c(=O)n(Cc2ccc(Cl)cc2Cl)c1. The second kappa shape index (κ2) is 6.15. The van der Waals surface area contributed by atoms with Crippen LogP contribution in [0.25, 0.3) is 0 Å². The van der Waals surface area contributed by atoms with Crippen molar-refractivity contribution in [1.82, 2.24) is 4.57 Å². The Hall–Kier alpha value is -1.05. The van der Waals surface area contributed by atoms with Gasteiger partial charge in [0.25, 0.3) is 5.56 Å². The van der Waals surface area contributed by atoms with Crippen LogP contribution in [-0.2, 0) is 6.54 Å².